The number of thiol groups is 1. The number of hydrogen-bond acceptors (Lipinski definition) is 4. The maximum Gasteiger partial charge on any atom is 0.435 e. The second-order valence-corrected chi connectivity index (χ2v) is 3.26. The number of halogens is 3. The summed E-state index contributed by atoms with van der Waals surface area (Å²) in [5.41, 5.74) is -0.495. The van der Waals surface area contributed by atoms with Crippen LogP contribution in [0.1, 0.15) is 11.4 Å². The molecule has 84 valence electrons. The zero-order valence-corrected chi connectivity index (χ0v) is 8.65. The van der Waals surface area contributed by atoms with Crippen LogP contribution in [0.3, 0.4) is 0 Å². The molecule has 0 saturated carbocycles. The van der Waals surface area contributed by atoms with Crippen LogP contribution in [0.15, 0.2) is 12.1 Å². The molecular weight excluding hydrogens is 227 g/mol. The Kier molecular flexibility index (Phi) is 4.34. The molecule has 1 aromatic heterocycles. The Balaban J connectivity index is 2.57. The van der Waals surface area contributed by atoms with Crippen molar-refractivity contribution in [3.63, 3.8) is 0 Å². The summed E-state index contributed by atoms with van der Waals surface area (Å²) >= 11 is 3.97. The smallest absolute Gasteiger partial charge is 0.310 e. The Morgan fingerprint density at radius 1 is 1.27 bits per heavy atom. The van der Waals surface area contributed by atoms with Gasteiger partial charge in [0.25, 0.3) is 0 Å². The first-order valence-corrected chi connectivity index (χ1v) is 4.88. The lowest BCUT2D eigenvalue weighted by Crippen LogP contribution is -2.18. The van der Waals surface area contributed by atoms with Gasteiger partial charge in [-0.2, -0.15) is 30.9 Å². The highest BCUT2D eigenvalue weighted by Gasteiger charge is 2.32. The zero-order valence-electron chi connectivity index (χ0n) is 7.75. The summed E-state index contributed by atoms with van der Waals surface area (Å²) in [6, 6.07) is 2.23. The second-order valence-electron chi connectivity index (χ2n) is 2.81. The second kappa shape index (κ2) is 5.32. The molecule has 0 fully saturated rings. The molecule has 0 aliphatic rings. The van der Waals surface area contributed by atoms with Crippen LogP contribution in [0.4, 0.5) is 13.2 Å². The Labute approximate surface area is 90.5 Å². The van der Waals surface area contributed by atoms with E-state index in [1.807, 2.05) is 0 Å². The van der Waals surface area contributed by atoms with Crippen molar-refractivity contribution in [3.05, 3.63) is 23.5 Å². The van der Waals surface area contributed by atoms with E-state index in [0.717, 1.165) is 6.07 Å². The minimum atomic E-state index is -4.43. The van der Waals surface area contributed by atoms with Crippen molar-refractivity contribution < 1.29 is 13.2 Å². The molecule has 0 saturated heterocycles. The van der Waals surface area contributed by atoms with E-state index in [4.69, 9.17) is 0 Å². The lowest BCUT2D eigenvalue weighted by Gasteiger charge is -2.05. The molecule has 0 unspecified atom stereocenters. The summed E-state index contributed by atoms with van der Waals surface area (Å²) in [4.78, 5) is 0. The van der Waals surface area contributed by atoms with Crippen LogP contribution in [-0.2, 0) is 12.7 Å². The third-order valence-corrected chi connectivity index (χ3v) is 1.83. The fraction of sp³-hybridized carbons (Fsp3) is 0.500. The molecule has 7 heteroatoms. The van der Waals surface area contributed by atoms with Gasteiger partial charge in [-0.05, 0) is 12.1 Å². The van der Waals surface area contributed by atoms with E-state index in [0.29, 0.717) is 24.5 Å². The van der Waals surface area contributed by atoms with E-state index in [-0.39, 0.29) is 0 Å². The van der Waals surface area contributed by atoms with Crippen molar-refractivity contribution >= 4 is 12.6 Å². The van der Waals surface area contributed by atoms with Gasteiger partial charge in [0.05, 0.1) is 5.69 Å². The average Bonchev–Trinajstić information content (AvgIpc) is 2.18. The molecule has 0 spiro atoms. The number of hydrogen-bond donors (Lipinski definition) is 2. The topological polar surface area (TPSA) is 37.8 Å². The van der Waals surface area contributed by atoms with E-state index < -0.39 is 11.9 Å². The summed E-state index contributed by atoms with van der Waals surface area (Å²) in [5, 5.41) is 9.50. The molecule has 1 heterocycles. The van der Waals surface area contributed by atoms with Gasteiger partial charge in [0.15, 0.2) is 5.69 Å². The van der Waals surface area contributed by atoms with E-state index in [2.05, 4.69) is 28.1 Å². The maximum absolute atomic E-state index is 12.1. The van der Waals surface area contributed by atoms with E-state index in [1.54, 1.807) is 0 Å². The zero-order chi connectivity index (χ0) is 11.3. The van der Waals surface area contributed by atoms with Gasteiger partial charge < -0.3 is 5.32 Å². The van der Waals surface area contributed by atoms with E-state index in [9.17, 15) is 13.2 Å². The molecule has 0 atom stereocenters. The summed E-state index contributed by atoms with van der Waals surface area (Å²) in [7, 11) is 0. The maximum atomic E-state index is 12.1. The predicted molar refractivity (Wildman–Crippen MR) is 52.6 cm³/mol. The van der Waals surface area contributed by atoms with E-state index >= 15 is 0 Å². The standard InChI is InChI=1S/C8H10F3N3S/c9-8(10,11)7-2-1-6(13-14-7)5-12-3-4-15/h1-2,12,15H,3-5H2. The van der Waals surface area contributed by atoms with Crippen molar-refractivity contribution in [2.24, 2.45) is 0 Å². The third-order valence-electron chi connectivity index (χ3n) is 1.60. The Bertz CT molecular complexity index is 299. The fourth-order valence-electron chi connectivity index (χ4n) is 0.901. The van der Waals surface area contributed by atoms with Gasteiger partial charge in [0.2, 0.25) is 0 Å². The molecule has 0 radical (unpaired) electrons. The van der Waals surface area contributed by atoms with Gasteiger partial charge in [-0.25, -0.2) is 0 Å². The number of nitrogens with one attached hydrogen (secondary N) is 1. The monoisotopic (exact) mass is 237 g/mol. The van der Waals surface area contributed by atoms with Crippen LogP contribution in [0.5, 0.6) is 0 Å². The Morgan fingerprint density at radius 3 is 2.47 bits per heavy atom. The number of alkyl halides is 3. The van der Waals surface area contributed by atoms with Gasteiger partial charge in [0.1, 0.15) is 0 Å². The molecule has 15 heavy (non-hydrogen) atoms. The fourth-order valence-corrected chi connectivity index (χ4v) is 1.06. The van der Waals surface area contributed by atoms with Crippen LogP contribution < -0.4 is 5.32 Å². The summed E-state index contributed by atoms with van der Waals surface area (Å²) < 4.78 is 36.3. The lowest BCUT2D eigenvalue weighted by atomic mass is 10.3. The first kappa shape index (κ1) is 12.3. The molecule has 0 aliphatic heterocycles. The molecule has 3 nitrogen and oxygen atoms in total. The SMILES string of the molecule is FC(F)(F)c1ccc(CNCCS)nn1. The van der Waals surface area contributed by atoms with Crippen LogP contribution >= 0.6 is 12.6 Å². The molecular formula is C8H10F3N3S. The van der Waals surface area contributed by atoms with Crippen LogP contribution in [-0.4, -0.2) is 22.5 Å². The predicted octanol–water partition coefficient (Wildman–Crippen LogP) is 1.51. The van der Waals surface area contributed by atoms with Crippen LogP contribution in [0.2, 0.25) is 0 Å². The Morgan fingerprint density at radius 2 is 2.00 bits per heavy atom. The Hall–Kier alpha value is -0.820. The summed E-state index contributed by atoms with van der Waals surface area (Å²) in [6.07, 6.45) is -4.43. The normalized spacial score (nSPS) is 11.7. The van der Waals surface area contributed by atoms with Gasteiger partial charge in [0, 0.05) is 18.8 Å². The first-order chi connectivity index (χ1) is 7.04. The van der Waals surface area contributed by atoms with Crippen LogP contribution in [0.25, 0.3) is 0 Å². The van der Waals surface area contributed by atoms with Crippen molar-refractivity contribution in [1.29, 1.82) is 0 Å². The van der Waals surface area contributed by atoms with Gasteiger partial charge in [-0.3, -0.25) is 0 Å². The minimum absolute atomic E-state index is 0.395. The molecule has 1 rings (SSSR count). The highest BCUT2D eigenvalue weighted by molar-refractivity contribution is 7.80. The van der Waals surface area contributed by atoms with Crippen molar-refractivity contribution in [2.75, 3.05) is 12.3 Å². The lowest BCUT2D eigenvalue weighted by molar-refractivity contribution is -0.141. The van der Waals surface area contributed by atoms with Crippen LogP contribution in [0, 0.1) is 0 Å². The van der Waals surface area contributed by atoms with E-state index in [1.165, 1.54) is 6.07 Å². The minimum Gasteiger partial charge on any atom is -0.310 e. The number of rotatable bonds is 4. The van der Waals surface area contributed by atoms with Gasteiger partial charge in [-0.15, -0.1) is 5.10 Å². The van der Waals surface area contributed by atoms with Crippen molar-refractivity contribution in [2.45, 2.75) is 12.7 Å². The average molecular weight is 237 g/mol. The molecule has 0 amide bonds. The number of nitrogens with zero attached hydrogens (tertiary/aromatic N) is 2. The number of aromatic nitrogens is 2. The molecule has 0 aromatic carbocycles. The highest BCUT2D eigenvalue weighted by atomic mass is 32.1. The molecule has 0 aliphatic carbocycles. The van der Waals surface area contributed by atoms with Gasteiger partial charge >= 0.3 is 6.18 Å². The van der Waals surface area contributed by atoms with Gasteiger partial charge in [-0.1, -0.05) is 0 Å². The first-order valence-electron chi connectivity index (χ1n) is 4.25. The highest BCUT2D eigenvalue weighted by Crippen LogP contribution is 2.26. The molecule has 1 aromatic rings. The van der Waals surface area contributed by atoms with Crippen molar-refractivity contribution in [3.8, 4) is 0 Å². The quantitative estimate of drug-likeness (QED) is 0.616. The molecule has 0 bridgehead atoms. The largest absolute Gasteiger partial charge is 0.435 e. The summed E-state index contributed by atoms with van der Waals surface area (Å²) in [6.45, 7) is 1.07. The molecule has 1 N–H and O–H groups in total. The van der Waals surface area contributed by atoms with Crippen molar-refractivity contribution in [1.82, 2.24) is 15.5 Å². The third kappa shape index (κ3) is 4.05. The summed E-state index contributed by atoms with van der Waals surface area (Å²) in [5.74, 6) is 0.661.